The molecular formula is C14H19NO9S. The van der Waals surface area contributed by atoms with Crippen LogP contribution in [0.1, 0.15) is 33.2 Å². The first-order valence-corrected chi connectivity index (χ1v) is 7.93. The molecule has 0 amide bonds. The number of aliphatic hydroxyl groups excluding tert-OH is 1. The number of hydrogen-bond donors (Lipinski definition) is 5. The highest BCUT2D eigenvalue weighted by Crippen LogP contribution is 2.44. The van der Waals surface area contributed by atoms with Crippen LogP contribution in [-0.4, -0.2) is 63.7 Å². The van der Waals surface area contributed by atoms with Gasteiger partial charge < -0.3 is 35.6 Å². The Kier molecular flexibility index (Phi) is 7.15. The fourth-order valence-corrected chi connectivity index (χ4v) is 2.53. The minimum atomic E-state index is -1.29. The standard InChI is InChI=1S/C9H8O7S.C5H11NO2/c10-1-3-2-15-4-5(16-3)7(9(13)14)17-6(4)8(11)12;1-3(2)4(6)5(7)8/h3,10H,1-2H2,(H,11,12)(H,13,14);3-4H,6H2,1-2H3,(H,7,8)/t;4-/m.0/s1. The van der Waals surface area contributed by atoms with Crippen molar-refractivity contribution < 1.29 is 44.3 Å². The SMILES string of the molecule is CC(C)[C@H](N)C(=O)O.O=C(O)c1sc(C(=O)O)c2c1OCC(CO)O2. The van der Waals surface area contributed by atoms with Crippen molar-refractivity contribution in [3.8, 4) is 11.5 Å². The number of carboxylic acids is 3. The second kappa shape index (κ2) is 8.65. The molecule has 0 aliphatic carbocycles. The fraction of sp³-hybridized carbons (Fsp3) is 0.500. The molecule has 0 spiro atoms. The number of aliphatic carboxylic acids is 1. The number of carbonyl (C=O) groups is 3. The van der Waals surface area contributed by atoms with E-state index in [-0.39, 0.29) is 40.4 Å². The Balaban J connectivity index is 0.000000333. The monoisotopic (exact) mass is 377 g/mol. The molecule has 2 rings (SSSR count). The van der Waals surface area contributed by atoms with E-state index < -0.39 is 30.1 Å². The minimum Gasteiger partial charge on any atom is -0.484 e. The van der Waals surface area contributed by atoms with Crippen molar-refractivity contribution in [2.24, 2.45) is 11.7 Å². The average molecular weight is 377 g/mol. The Morgan fingerprint density at radius 3 is 2.04 bits per heavy atom. The number of aliphatic hydroxyl groups is 1. The first-order chi connectivity index (χ1) is 11.6. The number of nitrogens with two attached hydrogens (primary N) is 1. The van der Waals surface area contributed by atoms with E-state index in [0.717, 1.165) is 0 Å². The Labute approximate surface area is 146 Å². The number of ether oxygens (including phenoxy) is 2. The Hall–Kier alpha value is -2.37. The van der Waals surface area contributed by atoms with Crippen LogP contribution >= 0.6 is 11.3 Å². The molecule has 0 bridgehead atoms. The highest BCUT2D eigenvalue weighted by Gasteiger charge is 2.34. The van der Waals surface area contributed by atoms with E-state index in [0.29, 0.717) is 11.3 Å². The lowest BCUT2D eigenvalue weighted by Gasteiger charge is -2.23. The molecule has 0 saturated carbocycles. The van der Waals surface area contributed by atoms with Gasteiger partial charge in [0.25, 0.3) is 0 Å². The van der Waals surface area contributed by atoms with Gasteiger partial charge in [0.15, 0.2) is 27.4 Å². The van der Waals surface area contributed by atoms with E-state index in [1.807, 2.05) is 0 Å². The summed E-state index contributed by atoms with van der Waals surface area (Å²) in [6.07, 6.45) is -0.683. The third-order valence-electron chi connectivity index (χ3n) is 3.12. The number of aromatic carboxylic acids is 2. The van der Waals surface area contributed by atoms with Crippen LogP contribution in [-0.2, 0) is 4.79 Å². The molecule has 1 aromatic rings. The van der Waals surface area contributed by atoms with E-state index in [2.05, 4.69) is 0 Å². The summed E-state index contributed by atoms with van der Waals surface area (Å²) in [6.45, 7) is 3.20. The predicted molar refractivity (Wildman–Crippen MR) is 85.7 cm³/mol. The molecule has 11 heteroatoms. The quantitative estimate of drug-likeness (QED) is 0.480. The maximum atomic E-state index is 10.9. The van der Waals surface area contributed by atoms with E-state index in [4.69, 9.17) is 35.6 Å². The zero-order chi connectivity index (χ0) is 19.3. The van der Waals surface area contributed by atoms with Crippen LogP contribution in [0.25, 0.3) is 0 Å². The Morgan fingerprint density at radius 2 is 1.68 bits per heavy atom. The van der Waals surface area contributed by atoms with Crippen LogP contribution in [0.4, 0.5) is 0 Å². The molecule has 6 N–H and O–H groups in total. The van der Waals surface area contributed by atoms with Crippen molar-refractivity contribution in [3.63, 3.8) is 0 Å². The topological polar surface area (TPSA) is 177 Å². The highest BCUT2D eigenvalue weighted by atomic mass is 32.1. The van der Waals surface area contributed by atoms with E-state index in [1.165, 1.54) is 0 Å². The molecule has 0 aromatic carbocycles. The molecule has 25 heavy (non-hydrogen) atoms. The van der Waals surface area contributed by atoms with E-state index in [9.17, 15) is 14.4 Å². The van der Waals surface area contributed by atoms with Gasteiger partial charge in [-0.2, -0.15) is 0 Å². The molecular weight excluding hydrogens is 358 g/mol. The second-order valence-electron chi connectivity index (χ2n) is 5.37. The first-order valence-electron chi connectivity index (χ1n) is 7.12. The molecule has 1 aliphatic heterocycles. The number of rotatable bonds is 5. The maximum absolute atomic E-state index is 10.9. The van der Waals surface area contributed by atoms with E-state index in [1.54, 1.807) is 13.8 Å². The van der Waals surface area contributed by atoms with Gasteiger partial charge in [-0.15, -0.1) is 11.3 Å². The summed E-state index contributed by atoms with van der Waals surface area (Å²) < 4.78 is 10.3. The molecule has 1 unspecified atom stereocenters. The average Bonchev–Trinajstić information content (AvgIpc) is 2.93. The number of fused-ring (bicyclic) bond motifs is 1. The summed E-state index contributed by atoms with van der Waals surface area (Å²) in [5, 5.41) is 34.9. The summed E-state index contributed by atoms with van der Waals surface area (Å²) in [5.74, 6) is -3.67. The summed E-state index contributed by atoms with van der Waals surface area (Å²) in [7, 11) is 0. The fourth-order valence-electron chi connectivity index (χ4n) is 1.67. The van der Waals surface area contributed by atoms with Crippen LogP contribution < -0.4 is 15.2 Å². The van der Waals surface area contributed by atoms with Crippen molar-refractivity contribution in [1.29, 1.82) is 0 Å². The summed E-state index contributed by atoms with van der Waals surface area (Å²) >= 11 is 0.573. The van der Waals surface area contributed by atoms with Gasteiger partial charge in [-0.1, -0.05) is 13.8 Å². The molecule has 0 radical (unpaired) electrons. The summed E-state index contributed by atoms with van der Waals surface area (Å²) in [4.78, 5) is 31.4. The van der Waals surface area contributed by atoms with Crippen molar-refractivity contribution in [1.82, 2.24) is 0 Å². The van der Waals surface area contributed by atoms with Gasteiger partial charge in [-0.05, 0) is 5.92 Å². The molecule has 10 nitrogen and oxygen atoms in total. The van der Waals surface area contributed by atoms with Crippen LogP contribution in [0.3, 0.4) is 0 Å². The summed E-state index contributed by atoms with van der Waals surface area (Å²) in [5.41, 5.74) is 5.16. The Morgan fingerprint density at radius 1 is 1.16 bits per heavy atom. The van der Waals surface area contributed by atoms with E-state index >= 15 is 0 Å². The minimum absolute atomic E-state index is 0.0143. The number of hydrogen-bond acceptors (Lipinski definition) is 8. The van der Waals surface area contributed by atoms with Gasteiger partial charge in [0, 0.05) is 0 Å². The van der Waals surface area contributed by atoms with Crippen LogP contribution in [0.2, 0.25) is 0 Å². The molecule has 140 valence electrons. The molecule has 2 heterocycles. The van der Waals surface area contributed by atoms with Crippen LogP contribution in [0.5, 0.6) is 11.5 Å². The zero-order valence-corrected chi connectivity index (χ0v) is 14.3. The maximum Gasteiger partial charge on any atom is 0.349 e. The molecule has 0 saturated heterocycles. The lowest BCUT2D eigenvalue weighted by molar-refractivity contribution is -0.139. The third-order valence-corrected chi connectivity index (χ3v) is 4.24. The number of thiophene rings is 1. The summed E-state index contributed by atoms with van der Waals surface area (Å²) in [6, 6.07) is -0.713. The van der Waals surface area contributed by atoms with Gasteiger partial charge in [-0.3, -0.25) is 4.79 Å². The van der Waals surface area contributed by atoms with Gasteiger partial charge in [0.2, 0.25) is 0 Å². The van der Waals surface area contributed by atoms with Gasteiger partial charge in [0.05, 0.1) is 6.61 Å². The first kappa shape index (κ1) is 20.7. The van der Waals surface area contributed by atoms with Crippen molar-refractivity contribution in [2.75, 3.05) is 13.2 Å². The second-order valence-corrected chi connectivity index (χ2v) is 6.39. The lowest BCUT2D eigenvalue weighted by atomic mass is 10.1. The van der Waals surface area contributed by atoms with Crippen LogP contribution in [0.15, 0.2) is 0 Å². The molecule has 1 aliphatic rings. The smallest absolute Gasteiger partial charge is 0.349 e. The lowest BCUT2D eigenvalue weighted by Crippen LogP contribution is -2.34. The predicted octanol–water partition coefficient (Wildman–Crippen LogP) is 0.331. The molecule has 2 atom stereocenters. The van der Waals surface area contributed by atoms with Gasteiger partial charge >= 0.3 is 17.9 Å². The van der Waals surface area contributed by atoms with Crippen LogP contribution in [0, 0.1) is 5.92 Å². The largest absolute Gasteiger partial charge is 0.484 e. The molecule has 1 aromatic heterocycles. The van der Waals surface area contributed by atoms with Gasteiger partial charge in [0.1, 0.15) is 12.6 Å². The third kappa shape index (κ3) is 5.05. The zero-order valence-electron chi connectivity index (χ0n) is 13.5. The number of carboxylic acid groups (broad SMARTS) is 3. The van der Waals surface area contributed by atoms with Crippen molar-refractivity contribution in [3.05, 3.63) is 9.75 Å². The van der Waals surface area contributed by atoms with Gasteiger partial charge in [-0.25, -0.2) is 9.59 Å². The van der Waals surface area contributed by atoms with Crippen molar-refractivity contribution >= 4 is 29.2 Å². The highest BCUT2D eigenvalue weighted by molar-refractivity contribution is 7.16. The Bertz CT molecular complexity index is 655. The normalized spacial score (nSPS) is 16.6. The van der Waals surface area contributed by atoms with Crippen molar-refractivity contribution in [2.45, 2.75) is 26.0 Å². The molecule has 0 fully saturated rings.